The Kier molecular flexibility index (Phi) is 4.91. The predicted octanol–water partition coefficient (Wildman–Crippen LogP) is 2.40. The van der Waals surface area contributed by atoms with E-state index in [1.165, 1.54) is 4.31 Å². The number of aryl methyl sites for hydroxylation is 1. The topological polar surface area (TPSA) is 92.5 Å². The minimum Gasteiger partial charge on any atom is -0.441 e. The van der Waals surface area contributed by atoms with Gasteiger partial charge in [-0.3, -0.25) is 4.79 Å². The number of anilines is 1. The SMILES string of the molecule is Cc1cnc(-c2cccc(NC(=O)[C@@H]3CCCCN3S(C)(=O)=O)c2)o1. The summed E-state index contributed by atoms with van der Waals surface area (Å²) in [5.41, 5.74) is 1.33. The Balaban J connectivity index is 1.78. The third-order valence-corrected chi connectivity index (χ3v) is 5.47. The molecule has 8 heteroatoms. The maximum Gasteiger partial charge on any atom is 0.242 e. The van der Waals surface area contributed by atoms with E-state index in [-0.39, 0.29) is 5.91 Å². The third kappa shape index (κ3) is 4.08. The Hall–Kier alpha value is -2.19. The van der Waals surface area contributed by atoms with Crippen LogP contribution in [0.25, 0.3) is 11.5 Å². The van der Waals surface area contributed by atoms with Crippen molar-refractivity contribution in [2.45, 2.75) is 32.2 Å². The van der Waals surface area contributed by atoms with Crippen LogP contribution in [0.4, 0.5) is 5.69 Å². The maximum absolute atomic E-state index is 12.6. The standard InChI is InChI=1S/C17H21N3O4S/c1-12-11-18-17(24-12)13-6-5-7-14(10-13)19-16(21)15-8-3-4-9-20(15)25(2,22)23/h5-7,10-11,15H,3-4,8-9H2,1-2H3,(H,19,21)/t15-/m0/s1. The van der Waals surface area contributed by atoms with Gasteiger partial charge in [-0.25, -0.2) is 13.4 Å². The third-order valence-electron chi connectivity index (χ3n) is 4.18. The Bertz CT molecular complexity index is 876. The van der Waals surface area contributed by atoms with Gasteiger partial charge in [0.05, 0.1) is 12.5 Å². The lowest BCUT2D eigenvalue weighted by molar-refractivity contribution is -0.120. The molecule has 0 aliphatic carbocycles. The summed E-state index contributed by atoms with van der Waals surface area (Å²) in [5.74, 6) is 0.866. The van der Waals surface area contributed by atoms with Gasteiger partial charge in [0.25, 0.3) is 0 Å². The summed E-state index contributed by atoms with van der Waals surface area (Å²) in [7, 11) is -3.41. The molecular formula is C17H21N3O4S. The van der Waals surface area contributed by atoms with Crippen molar-refractivity contribution >= 4 is 21.6 Å². The Labute approximate surface area is 147 Å². The van der Waals surface area contributed by atoms with Crippen LogP contribution in [0.5, 0.6) is 0 Å². The number of hydrogen-bond donors (Lipinski definition) is 1. The maximum atomic E-state index is 12.6. The van der Waals surface area contributed by atoms with Gasteiger partial charge < -0.3 is 9.73 Å². The monoisotopic (exact) mass is 363 g/mol. The number of nitrogens with zero attached hydrogens (tertiary/aromatic N) is 2. The largest absolute Gasteiger partial charge is 0.441 e. The summed E-state index contributed by atoms with van der Waals surface area (Å²) in [5, 5.41) is 2.82. The number of nitrogens with one attached hydrogen (secondary N) is 1. The van der Waals surface area contributed by atoms with Crippen molar-refractivity contribution in [2.24, 2.45) is 0 Å². The van der Waals surface area contributed by atoms with Crippen molar-refractivity contribution in [3.05, 3.63) is 36.2 Å². The molecule has 3 rings (SSSR count). The molecule has 25 heavy (non-hydrogen) atoms. The highest BCUT2D eigenvalue weighted by molar-refractivity contribution is 7.88. The molecule has 1 N–H and O–H groups in total. The normalized spacial score (nSPS) is 18.9. The van der Waals surface area contributed by atoms with Crippen molar-refractivity contribution in [1.82, 2.24) is 9.29 Å². The average molecular weight is 363 g/mol. The van der Waals surface area contributed by atoms with Crippen LogP contribution in [-0.4, -0.2) is 42.5 Å². The van der Waals surface area contributed by atoms with Crippen LogP contribution in [-0.2, 0) is 14.8 Å². The van der Waals surface area contributed by atoms with Gasteiger partial charge in [0.1, 0.15) is 11.8 Å². The number of carbonyl (C=O) groups excluding carboxylic acids is 1. The fourth-order valence-corrected chi connectivity index (χ4v) is 4.13. The molecule has 1 saturated heterocycles. The van der Waals surface area contributed by atoms with Crippen LogP contribution < -0.4 is 5.32 Å². The molecule has 2 aromatic rings. The minimum atomic E-state index is -3.41. The second-order valence-electron chi connectivity index (χ2n) is 6.23. The van der Waals surface area contributed by atoms with E-state index in [9.17, 15) is 13.2 Å². The van der Waals surface area contributed by atoms with Gasteiger partial charge in [0.15, 0.2) is 0 Å². The predicted molar refractivity (Wildman–Crippen MR) is 94.5 cm³/mol. The van der Waals surface area contributed by atoms with Crippen LogP contribution in [0, 0.1) is 6.92 Å². The van der Waals surface area contributed by atoms with Gasteiger partial charge in [-0.2, -0.15) is 4.31 Å². The van der Waals surface area contributed by atoms with Crippen molar-refractivity contribution in [3.63, 3.8) is 0 Å². The quantitative estimate of drug-likeness (QED) is 0.900. The molecule has 2 heterocycles. The zero-order valence-corrected chi connectivity index (χ0v) is 15.0. The molecule has 0 spiro atoms. The van der Waals surface area contributed by atoms with E-state index in [1.54, 1.807) is 24.4 Å². The number of benzene rings is 1. The first-order valence-electron chi connectivity index (χ1n) is 8.15. The molecule has 0 unspecified atom stereocenters. The lowest BCUT2D eigenvalue weighted by Crippen LogP contribution is -2.49. The summed E-state index contributed by atoms with van der Waals surface area (Å²) in [6.45, 7) is 2.19. The summed E-state index contributed by atoms with van der Waals surface area (Å²) in [4.78, 5) is 16.8. The van der Waals surface area contributed by atoms with Gasteiger partial charge in [0.2, 0.25) is 21.8 Å². The number of carbonyl (C=O) groups is 1. The first kappa shape index (κ1) is 17.6. The number of piperidine rings is 1. The van der Waals surface area contributed by atoms with Gasteiger partial charge in [-0.15, -0.1) is 0 Å². The van der Waals surface area contributed by atoms with E-state index in [1.807, 2.05) is 13.0 Å². The second kappa shape index (κ2) is 6.97. The van der Waals surface area contributed by atoms with Crippen LogP contribution in [0.15, 0.2) is 34.9 Å². The summed E-state index contributed by atoms with van der Waals surface area (Å²) in [6, 6.07) is 6.47. The van der Waals surface area contributed by atoms with E-state index in [4.69, 9.17) is 4.42 Å². The van der Waals surface area contributed by atoms with Crippen LogP contribution >= 0.6 is 0 Å². The summed E-state index contributed by atoms with van der Waals surface area (Å²) >= 11 is 0. The average Bonchev–Trinajstić information content (AvgIpc) is 3.01. The molecule has 1 aliphatic heterocycles. The summed E-state index contributed by atoms with van der Waals surface area (Å²) < 4.78 is 30.6. The number of amides is 1. The molecular weight excluding hydrogens is 342 g/mol. The smallest absolute Gasteiger partial charge is 0.242 e. The van der Waals surface area contributed by atoms with Crippen LogP contribution in [0.2, 0.25) is 0 Å². The molecule has 1 aromatic heterocycles. The molecule has 7 nitrogen and oxygen atoms in total. The number of aromatic nitrogens is 1. The Morgan fingerprint density at radius 1 is 1.36 bits per heavy atom. The molecule has 0 bridgehead atoms. The molecule has 1 fully saturated rings. The highest BCUT2D eigenvalue weighted by Crippen LogP contribution is 2.24. The first-order chi connectivity index (χ1) is 11.8. The van der Waals surface area contributed by atoms with Crippen molar-refractivity contribution in [1.29, 1.82) is 0 Å². The summed E-state index contributed by atoms with van der Waals surface area (Å²) in [6.07, 6.45) is 4.91. The number of hydrogen-bond acceptors (Lipinski definition) is 5. The molecule has 1 atom stereocenters. The van der Waals surface area contributed by atoms with Crippen molar-refractivity contribution < 1.29 is 17.6 Å². The van der Waals surface area contributed by atoms with Crippen molar-refractivity contribution in [2.75, 3.05) is 18.1 Å². The first-order valence-corrected chi connectivity index (χ1v) is 10.00. The minimum absolute atomic E-state index is 0.314. The lowest BCUT2D eigenvalue weighted by atomic mass is 10.0. The fraction of sp³-hybridized carbons (Fsp3) is 0.412. The molecule has 1 amide bonds. The zero-order chi connectivity index (χ0) is 18.0. The second-order valence-corrected chi connectivity index (χ2v) is 8.17. The molecule has 1 aliphatic rings. The highest BCUT2D eigenvalue weighted by Gasteiger charge is 2.34. The Morgan fingerprint density at radius 2 is 2.16 bits per heavy atom. The van der Waals surface area contributed by atoms with E-state index in [0.717, 1.165) is 24.7 Å². The van der Waals surface area contributed by atoms with Gasteiger partial charge in [-0.1, -0.05) is 12.5 Å². The number of sulfonamides is 1. The van der Waals surface area contributed by atoms with E-state index < -0.39 is 16.1 Å². The lowest BCUT2D eigenvalue weighted by Gasteiger charge is -2.32. The molecule has 0 saturated carbocycles. The van der Waals surface area contributed by atoms with Crippen LogP contribution in [0.3, 0.4) is 0 Å². The Morgan fingerprint density at radius 3 is 2.84 bits per heavy atom. The highest BCUT2D eigenvalue weighted by atomic mass is 32.2. The molecule has 134 valence electrons. The van der Waals surface area contributed by atoms with Gasteiger partial charge in [0, 0.05) is 17.8 Å². The number of oxazole rings is 1. The van der Waals surface area contributed by atoms with Crippen molar-refractivity contribution in [3.8, 4) is 11.5 Å². The fourth-order valence-electron chi connectivity index (χ4n) is 3.01. The molecule has 1 aromatic carbocycles. The van der Waals surface area contributed by atoms with E-state index in [2.05, 4.69) is 10.3 Å². The van der Waals surface area contributed by atoms with Crippen LogP contribution in [0.1, 0.15) is 25.0 Å². The number of rotatable bonds is 4. The van der Waals surface area contributed by atoms with Gasteiger partial charge in [-0.05, 0) is 38.0 Å². The van der Waals surface area contributed by atoms with E-state index in [0.29, 0.717) is 30.3 Å². The molecule has 0 radical (unpaired) electrons. The van der Waals surface area contributed by atoms with E-state index >= 15 is 0 Å². The van der Waals surface area contributed by atoms with Gasteiger partial charge >= 0.3 is 0 Å². The zero-order valence-electron chi connectivity index (χ0n) is 14.2.